The summed E-state index contributed by atoms with van der Waals surface area (Å²) in [5.41, 5.74) is 2.98. The first-order valence-corrected chi connectivity index (χ1v) is 12.7. The Morgan fingerprint density at radius 3 is 2.38 bits per heavy atom. The summed E-state index contributed by atoms with van der Waals surface area (Å²) in [4.78, 5) is 31.2. The van der Waals surface area contributed by atoms with Crippen molar-refractivity contribution in [1.82, 2.24) is 19.0 Å². The van der Waals surface area contributed by atoms with Gasteiger partial charge in [-0.1, -0.05) is 6.07 Å². The molecule has 0 unspecified atom stereocenters. The molecule has 0 bridgehead atoms. The van der Waals surface area contributed by atoms with E-state index in [0.29, 0.717) is 37.2 Å². The maximum Gasteiger partial charge on any atom is 0.417 e. The van der Waals surface area contributed by atoms with Gasteiger partial charge in [-0.15, -0.1) is 0 Å². The van der Waals surface area contributed by atoms with Crippen molar-refractivity contribution in [2.45, 2.75) is 45.4 Å². The van der Waals surface area contributed by atoms with E-state index in [9.17, 15) is 22.8 Å². The highest BCUT2D eigenvalue weighted by atomic mass is 19.4. The average molecular weight is 539 g/mol. The van der Waals surface area contributed by atoms with Gasteiger partial charge in [0.05, 0.1) is 22.5 Å². The van der Waals surface area contributed by atoms with Gasteiger partial charge < -0.3 is 14.2 Å². The average Bonchev–Trinajstić information content (AvgIpc) is 3.00. The van der Waals surface area contributed by atoms with Crippen LogP contribution in [0.2, 0.25) is 0 Å². The molecule has 39 heavy (non-hydrogen) atoms. The monoisotopic (exact) mass is 538 g/mol. The van der Waals surface area contributed by atoms with Crippen molar-refractivity contribution in [2.75, 3.05) is 13.1 Å². The molecule has 0 atom stereocenters. The number of pyridine rings is 2. The highest BCUT2D eigenvalue weighted by Gasteiger charge is 2.31. The van der Waals surface area contributed by atoms with Crippen molar-refractivity contribution in [2.24, 2.45) is 7.05 Å². The van der Waals surface area contributed by atoms with E-state index in [0.717, 1.165) is 28.9 Å². The van der Waals surface area contributed by atoms with Crippen LogP contribution in [0.25, 0.3) is 27.8 Å². The number of nitrogens with zero attached hydrogens (tertiary/aromatic N) is 4. The van der Waals surface area contributed by atoms with Crippen molar-refractivity contribution in [3.8, 4) is 16.9 Å². The highest BCUT2D eigenvalue weighted by Crippen LogP contribution is 2.31. The van der Waals surface area contributed by atoms with Gasteiger partial charge in [-0.3, -0.25) is 14.3 Å². The Labute approximate surface area is 223 Å². The first-order valence-electron chi connectivity index (χ1n) is 12.7. The summed E-state index contributed by atoms with van der Waals surface area (Å²) in [7, 11) is 1.98. The molecule has 1 aliphatic heterocycles. The van der Waals surface area contributed by atoms with Gasteiger partial charge in [-0.05, 0) is 63.1 Å². The minimum Gasteiger partial charge on any atom is -0.444 e. The van der Waals surface area contributed by atoms with Crippen molar-refractivity contribution in [1.29, 1.82) is 0 Å². The lowest BCUT2D eigenvalue weighted by Gasteiger charge is -2.26. The summed E-state index contributed by atoms with van der Waals surface area (Å²) in [6, 6.07) is 11.1. The fraction of sp³-hybridized carbons (Fsp3) is 0.345. The first kappa shape index (κ1) is 26.5. The SMILES string of the molecule is Cn1c2c(c3ccc(-n4ccc(-c5ccc(C(F)(F)F)cn5)cc4=O)cc31)CCN(C(=O)OC(C)(C)C)CC2. The van der Waals surface area contributed by atoms with E-state index in [1.165, 1.54) is 22.3 Å². The molecule has 0 radical (unpaired) electrons. The van der Waals surface area contributed by atoms with E-state index < -0.39 is 17.3 Å². The van der Waals surface area contributed by atoms with Crippen LogP contribution in [0.1, 0.15) is 37.6 Å². The molecule has 5 rings (SSSR count). The first-order chi connectivity index (χ1) is 18.3. The number of hydrogen-bond acceptors (Lipinski definition) is 4. The van der Waals surface area contributed by atoms with Gasteiger partial charge in [-0.2, -0.15) is 13.2 Å². The molecule has 7 nitrogen and oxygen atoms in total. The summed E-state index contributed by atoms with van der Waals surface area (Å²) in [6.45, 7) is 6.67. The van der Waals surface area contributed by atoms with Crippen molar-refractivity contribution >= 4 is 17.0 Å². The van der Waals surface area contributed by atoms with E-state index in [2.05, 4.69) is 9.55 Å². The molecule has 0 N–H and O–H groups in total. The fourth-order valence-electron chi connectivity index (χ4n) is 5.00. The number of ether oxygens (including phenoxy) is 1. The third-order valence-corrected chi connectivity index (χ3v) is 6.91. The molecule has 4 heterocycles. The second-order valence-electron chi connectivity index (χ2n) is 10.7. The van der Waals surface area contributed by atoms with Crippen LogP contribution >= 0.6 is 0 Å². The van der Waals surface area contributed by atoms with E-state index in [1.807, 2.05) is 46.0 Å². The molecule has 0 fully saturated rings. The summed E-state index contributed by atoms with van der Waals surface area (Å²) in [5.74, 6) is 0. The van der Waals surface area contributed by atoms with Gasteiger partial charge in [0.25, 0.3) is 5.56 Å². The van der Waals surface area contributed by atoms with Gasteiger partial charge in [0.15, 0.2) is 0 Å². The number of carbonyl (C=O) groups excluding carboxylic acids is 1. The van der Waals surface area contributed by atoms with Crippen LogP contribution in [0.4, 0.5) is 18.0 Å². The predicted octanol–water partition coefficient (Wildman–Crippen LogP) is 5.75. The van der Waals surface area contributed by atoms with Crippen molar-refractivity contribution < 1.29 is 22.7 Å². The maximum atomic E-state index is 13.0. The number of fused-ring (bicyclic) bond motifs is 3. The standard InChI is InChI=1S/C29H29F3N4O3/c1-28(2,3)39-27(38)35-12-10-22-21-7-6-20(16-25(21)34(4)24(22)11-13-35)36-14-9-18(15-26(36)37)23-8-5-19(17-33-23)29(30,31)32/h5-9,14-17H,10-13H2,1-4H3. The molecule has 4 aromatic rings. The molecule has 204 valence electrons. The molecule has 0 saturated carbocycles. The topological polar surface area (TPSA) is 69.4 Å². The fourth-order valence-corrected chi connectivity index (χ4v) is 5.00. The van der Waals surface area contributed by atoms with E-state index in [4.69, 9.17) is 4.74 Å². The number of benzene rings is 1. The Balaban J connectivity index is 1.41. The number of carbonyl (C=O) groups is 1. The lowest BCUT2D eigenvalue weighted by molar-refractivity contribution is -0.137. The lowest BCUT2D eigenvalue weighted by Crippen LogP contribution is -2.38. The van der Waals surface area contributed by atoms with Crippen LogP contribution in [-0.2, 0) is 30.8 Å². The molecular formula is C29H29F3N4O3. The van der Waals surface area contributed by atoms with Gasteiger partial charge in [0, 0.05) is 61.7 Å². The second-order valence-corrected chi connectivity index (χ2v) is 10.7. The Kier molecular flexibility index (Phi) is 6.52. The maximum absolute atomic E-state index is 13.0. The summed E-state index contributed by atoms with van der Waals surface area (Å²) in [6.07, 6.45) is -1.04. The summed E-state index contributed by atoms with van der Waals surface area (Å²) in [5, 5.41) is 1.07. The van der Waals surface area contributed by atoms with Crippen LogP contribution in [0.5, 0.6) is 0 Å². The van der Waals surface area contributed by atoms with Gasteiger partial charge in [0.1, 0.15) is 5.60 Å². The minimum atomic E-state index is -4.47. The number of aromatic nitrogens is 3. The molecule has 1 aromatic carbocycles. The minimum absolute atomic E-state index is 0.286. The van der Waals surface area contributed by atoms with E-state index in [-0.39, 0.29) is 17.3 Å². The van der Waals surface area contributed by atoms with Crippen LogP contribution in [0, 0.1) is 0 Å². The quantitative estimate of drug-likeness (QED) is 0.326. The molecule has 0 spiro atoms. The van der Waals surface area contributed by atoms with Crippen molar-refractivity contribution in [3.63, 3.8) is 0 Å². The Hall–Kier alpha value is -4.08. The lowest BCUT2D eigenvalue weighted by atomic mass is 10.1. The van der Waals surface area contributed by atoms with Gasteiger partial charge in [0.2, 0.25) is 0 Å². The van der Waals surface area contributed by atoms with E-state index >= 15 is 0 Å². The normalized spacial score (nSPS) is 14.3. The number of aryl methyl sites for hydroxylation is 1. The third kappa shape index (κ3) is 5.28. The molecular weight excluding hydrogens is 509 g/mol. The van der Waals surface area contributed by atoms with Gasteiger partial charge in [-0.25, -0.2) is 4.79 Å². The van der Waals surface area contributed by atoms with Crippen LogP contribution in [-0.4, -0.2) is 43.8 Å². The molecule has 1 amide bonds. The number of hydrogen-bond donors (Lipinski definition) is 0. The molecule has 1 aliphatic rings. The number of rotatable bonds is 2. The third-order valence-electron chi connectivity index (χ3n) is 6.91. The van der Waals surface area contributed by atoms with Crippen LogP contribution in [0.15, 0.2) is 59.7 Å². The van der Waals surface area contributed by atoms with E-state index in [1.54, 1.807) is 17.2 Å². The number of amides is 1. The Morgan fingerprint density at radius 2 is 1.74 bits per heavy atom. The molecule has 0 aliphatic carbocycles. The zero-order valence-corrected chi connectivity index (χ0v) is 22.2. The molecule has 3 aromatic heterocycles. The predicted molar refractivity (Wildman–Crippen MR) is 142 cm³/mol. The van der Waals surface area contributed by atoms with Crippen LogP contribution < -0.4 is 5.56 Å². The number of alkyl halides is 3. The molecule has 10 heteroatoms. The smallest absolute Gasteiger partial charge is 0.417 e. The zero-order chi connectivity index (χ0) is 28.1. The summed E-state index contributed by atoms with van der Waals surface area (Å²) < 4.78 is 47.7. The van der Waals surface area contributed by atoms with Crippen molar-refractivity contribution in [3.05, 3.63) is 82.0 Å². The van der Waals surface area contributed by atoms with Gasteiger partial charge >= 0.3 is 12.3 Å². The summed E-state index contributed by atoms with van der Waals surface area (Å²) >= 11 is 0. The number of halogens is 3. The highest BCUT2D eigenvalue weighted by molar-refractivity contribution is 5.87. The largest absolute Gasteiger partial charge is 0.444 e. The molecule has 0 saturated heterocycles. The second kappa shape index (κ2) is 9.59. The van der Waals surface area contributed by atoms with Crippen LogP contribution in [0.3, 0.4) is 0 Å². The Morgan fingerprint density at radius 1 is 1.00 bits per heavy atom. The Bertz CT molecular complexity index is 1610. The zero-order valence-electron chi connectivity index (χ0n) is 22.2.